The van der Waals surface area contributed by atoms with Crippen LogP contribution < -0.4 is 5.32 Å². The van der Waals surface area contributed by atoms with Crippen molar-refractivity contribution < 1.29 is 9.53 Å². The molecule has 0 fully saturated rings. The highest BCUT2D eigenvalue weighted by molar-refractivity contribution is 5.80. The van der Waals surface area contributed by atoms with E-state index in [1.165, 1.54) is 7.11 Å². The van der Waals surface area contributed by atoms with Gasteiger partial charge in [-0.05, 0) is 53.2 Å². The van der Waals surface area contributed by atoms with Gasteiger partial charge in [-0.1, -0.05) is 13.8 Å². The van der Waals surface area contributed by atoms with E-state index in [9.17, 15) is 4.79 Å². The largest absolute Gasteiger partial charge is 0.468 e. The average Bonchev–Trinajstić information content (AvgIpc) is 2.33. The zero-order valence-electron chi connectivity index (χ0n) is 12.9. The lowest BCUT2D eigenvalue weighted by molar-refractivity contribution is -0.148. The van der Waals surface area contributed by atoms with Crippen LogP contribution in [0.4, 0.5) is 0 Å². The second-order valence-corrected chi connectivity index (χ2v) is 5.18. The van der Waals surface area contributed by atoms with Crippen molar-refractivity contribution in [2.24, 2.45) is 0 Å². The fourth-order valence-electron chi connectivity index (χ4n) is 2.30. The molecule has 0 rings (SSSR count). The van der Waals surface area contributed by atoms with E-state index in [0.717, 1.165) is 32.5 Å². The SMILES string of the molecule is CCNC(C)(CCCN(CC)C(C)C)C(=O)OC. The van der Waals surface area contributed by atoms with Gasteiger partial charge in [0.05, 0.1) is 7.11 Å². The van der Waals surface area contributed by atoms with Gasteiger partial charge in [0.1, 0.15) is 5.54 Å². The van der Waals surface area contributed by atoms with Gasteiger partial charge in [0.25, 0.3) is 0 Å². The molecule has 0 aliphatic heterocycles. The monoisotopic (exact) mass is 258 g/mol. The van der Waals surface area contributed by atoms with Gasteiger partial charge in [-0.15, -0.1) is 0 Å². The fraction of sp³-hybridized carbons (Fsp3) is 0.929. The first kappa shape index (κ1) is 17.4. The minimum absolute atomic E-state index is 0.169. The molecule has 0 aromatic heterocycles. The Kier molecular flexibility index (Phi) is 8.20. The number of carbonyl (C=O) groups excluding carboxylic acids is 1. The Morgan fingerprint density at radius 3 is 2.39 bits per heavy atom. The van der Waals surface area contributed by atoms with Crippen molar-refractivity contribution in [3.8, 4) is 0 Å². The van der Waals surface area contributed by atoms with Crippen LogP contribution in [0.2, 0.25) is 0 Å². The molecule has 4 heteroatoms. The summed E-state index contributed by atoms with van der Waals surface area (Å²) in [5.41, 5.74) is -0.556. The second kappa shape index (κ2) is 8.48. The maximum atomic E-state index is 11.8. The molecule has 1 unspecified atom stereocenters. The van der Waals surface area contributed by atoms with Gasteiger partial charge >= 0.3 is 5.97 Å². The molecule has 0 aromatic carbocycles. The van der Waals surface area contributed by atoms with Crippen molar-refractivity contribution in [2.75, 3.05) is 26.7 Å². The first-order chi connectivity index (χ1) is 8.41. The number of nitrogens with zero attached hydrogens (tertiary/aromatic N) is 1. The van der Waals surface area contributed by atoms with Crippen LogP contribution in [0.25, 0.3) is 0 Å². The zero-order valence-corrected chi connectivity index (χ0v) is 12.9. The summed E-state index contributed by atoms with van der Waals surface area (Å²) in [6, 6.07) is 0.554. The van der Waals surface area contributed by atoms with Gasteiger partial charge in [-0.2, -0.15) is 0 Å². The van der Waals surface area contributed by atoms with Crippen molar-refractivity contribution in [1.29, 1.82) is 0 Å². The minimum atomic E-state index is -0.556. The molecule has 0 aliphatic carbocycles. The fourth-order valence-corrected chi connectivity index (χ4v) is 2.30. The van der Waals surface area contributed by atoms with E-state index in [-0.39, 0.29) is 5.97 Å². The van der Waals surface area contributed by atoms with E-state index in [0.29, 0.717) is 6.04 Å². The smallest absolute Gasteiger partial charge is 0.325 e. The van der Waals surface area contributed by atoms with E-state index < -0.39 is 5.54 Å². The molecule has 0 saturated carbocycles. The van der Waals surface area contributed by atoms with Gasteiger partial charge in [0.15, 0.2) is 0 Å². The molecular formula is C14H30N2O2. The molecular weight excluding hydrogens is 228 g/mol. The zero-order chi connectivity index (χ0) is 14.2. The summed E-state index contributed by atoms with van der Waals surface area (Å²) in [4.78, 5) is 14.2. The minimum Gasteiger partial charge on any atom is -0.468 e. The number of esters is 1. The second-order valence-electron chi connectivity index (χ2n) is 5.18. The molecule has 1 atom stereocenters. The molecule has 1 N–H and O–H groups in total. The van der Waals surface area contributed by atoms with Crippen LogP contribution in [0.3, 0.4) is 0 Å². The van der Waals surface area contributed by atoms with Crippen LogP contribution >= 0.6 is 0 Å². The molecule has 0 aromatic rings. The average molecular weight is 258 g/mol. The third-order valence-electron chi connectivity index (χ3n) is 3.46. The molecule has 4 nitrogen and oxygen atoms in total. The summed E-state index contributed by atoms with van der Waals surface area (Å²) in [5.74, 6) is -0.169. The third kappa shape index (κ3) is 5.36. The number of rotatable bonds is 9. The quantitative estimate of drug-likeness (QED) is 0.643. The molecule has 18 heavy (non-hydrogen) atoms. The Labute approximate surface area is 112 Å². The van der Waals surface area contributed by atoms with Crippen LogP contribution in [0, 0.1) is 0 Å². The first-order valence-electron chi connectivity index (χ1n) is 6.98. The summed E-state index contributed by atoms with van der Waals surface area (Å²) >= 11 is 0. The van der Waals surface area contributed by atoms with Gasteiger partial charge in [-0.25, -0.2) is 0 Å². The number of likely N-dealkylation sites (N-methyl/N-ethyl adjacent to an activating group) is 1. The molecule has 0 bridgehead atoms. The highest BCUT2D eigenvalue weighted by Gasteiger charge is 2.32. The summed E-state index contributed by atoms with van der Waals surface area (Å²) in [7, 11) is 1.45. The normalized spacial score (nSPS) is 14.9. The van der Waals surface area contributed by atoms with Gasteiger partial charge in [0.2, 0.25) is 0 Å². The summed E-state index contributed by atoms with van der Waals surface area (Å²) in [5, 5.41) is 3.24. The van der Waals surface area contributed by atoms with E-state index >= 15 is 0 Å². The van der Waals surface area contributed by atoms with Crippen molar-refractivity contribution >= 4 is 5.97 Å². The van der Waals surface area contributed by atoms with Crippen LogP contribution in [-0.4, -0.2) is 49.2 Å². The van der Waals surface area contributed by atoms with Gasteiger partial charge in [0, 0.05) is 6.04 Å². The topological polar surface area (TPSA) is 41.6 Å². The van der Waals surface area contributed by atoms with E-state index in [4.69, 9.17) is 4.74 Å². The lowest BCUT2D eigenvalue weighted by Crippen LogP contribution is -2.50. The lowest BCUT2D eigenvalue weighted by Gasteiger charge is -2.30. The van der Waals surface area contributed by atoms with Crippen molar-refractivity contribution in [3.63, 3.8) is 0 Å². The number of hydrogen-bond donors (Lipinski definition) is 1. The van der Waals surface area contributed by atoms with E-state index in [2.05, 4.69) is 31.0 Å². The summed E-state index contributed by atoms with van der Waals surface area (Å²) < 4.78 is 4.88. The Hall–Kier alpha value is -0.610. The predicted molar refractivity (Wildman–Crippen MR) is 75.7 cm³/mol. The Balaban J connectivity index is 4.31. The molecule has 0 saturated heterocycles. The Bertz CT molecular complexity index is 244. The van der Waals surface area contributed by atoms with Crippen molar-refractivity contribution in [2.45, 2.75) is 59.0 Å². The maximum Gasteiger partial charge on any atom is 0.325 e. The number of ether oxygens (including phenoxy) is 1. The number of carbonyl (C=O) groups is 1. The van der Waals surface area contributed by atoms with E-state index in [1.54, 1.807) is 0 Å². The molecule has 0 heterocycles. The van der Waals surface area contributed by atoms with Crippen LogP contribution in [-0.2, 0) is 9.53 Å². The van der Waals surface area contributed by atoms with Crippen LogP contribution in [0.5, 0.6) is 0 Å². The van der Waals surface area contributed by atoms with Crippen molar-refractivity contribution in [1.82, 2.24) is 10.2 Å². The molecule has 0 amide bonds. The molecule has 0 spiro atoms. The Morgan fingerprint density at radius 2 is 2.00 bits per heavy atom. The van der Waals surface area contributed by atoms with Crippen LogP contribution in [0.15, 0.2) is 0 Å². The maximum absolute atomic E-state index is 11.8. The number of methoxy groups -OCH3 is 1. The van der Waals surface area contributed by atoms with Gasteiger partial charge < -0.3 is 15.0 Å². The highest BCUT2D eigenvalue weighted by Crippen LogP contribution is 2.15. The number of hydrogen-bond acceptors (Lipinski definition) is 4. The standard InChI is InChI=1S/C14H30N2O2/c1-7-15-14(5,13(17)18-6)10-9-11-16(8-2)12(3)4/h12,15H,7-11H2,1-6H3. The highest BCUT2D eigenvalue weighted by atomic mass is 16.5. The first-order valence-corrected chi connectivity index (χ1v) is 6.98. The number of nitrogens with one attached hydrogen (secondary N) is 1. The molecule has 108 valence electrons. The lowest BCUT2D eigenvalue weighted by atomic mass is 9.95. The van der Waals surface area contributed by atoms with Crippen molar-refractivity contribution in [3.05, 3.63) is 0 Å². The van der Waals surface area contributed by atoms with E-state index in [1.807, 2.05) is 13.8 Å². The van der Waals surface area contributed by atoms with Gasteiger partial charge in [-0.3, -0.25) is 4.79 Å². The predicted octanol–water partition coefficient (Wildman–Crippen LogP) is 2.04. The van der Waals surface area contributed by atoms with Crippen LogP contribution in [0.1, 0.15) is 47.5 Å². The third-order valence-corrected chi connectivity index (χ3v) is 3.46. The summed E-state index contributed by atoms with van der Waals surface area (Å²) in [6.07, 6.45) is 1.79. The molecule has 0 aliphatic rings. The molecule has 0 radical (unpaired) electrons. The Morgan fingerprint density at radius 1 is 1.39 bits per heavy atom. The summed E-state index contributed by atoms with van der Waals surface area (Å²) in [6.45, 7) is 13.3.